The quantitative estimate of drug-likeness (QED) is 0.548. The van der Waals surface area contributed by atoms with E-state index in [9.17, 15) is 0 Å². The molecule has 2 nitrogen and oxygen atoms in total. The van der Waals surface area contributed by atoms with E-state index in [2.05, 4.69) is 51.9 Å². The molecule has 126 valence electrons. The summed E-state index contributed by atoms with van der Waals surface area (Å²) in [5.74, 6) is 0. The van der Waals surface area contributed by atoms with E-state index in [-0.39, 0.29) is 11.1 Å². The van der Waals surface area contributed by atoms with E-state index in [1.54, 1.807) is 0 Å². The van der Waals surface area contributed by atoms with Gasteiger partial charge in [-0.1, -0.05) is 64.7 Å². The second-order valence-electron chi connectivity index (χ2n) is 8.07. The first kappa shape index (κ1) is 19.0. The molecular formula is C19H40N2. The fourth-order valence-electron chi connectivity index (χ4n) is 3.43. The van der Waals surface area contributed by atoms with Crippen LogP contribution in [0, 0.1) is 0 Å². The zero-order chi connectivity index (χ0) is 15.9. The van der Waals surface area contributed by atoms with Gasteiger partial charge in [-0.3, -0.25) is 10.2 Å². The van der Waals surface area contributed by atoms with Crippen LogP contribution in [0.25, 0.3) is 0 Å². The molecule has 0 radical (unpaired) electrons. The van der Waals surface area contributed by atoms with Gasteiger partial charge in [-0.2, -0.15) is 0 Å². The molecule has 2 heteroatoms. The Bertz CT molecular complexity index is 283. The van der Waals surface area contributed by atoms with Crippen molar-refractivity contribution in [3.63, 3.8) is 0 Å². The molecule has 1 saturated heterocycles. The Morgan fingerprint density at radius 3 is 1.71 bits per heavy atom. The normalized spacial score (nSPS) is 24.6. The Hall–Kier alpha value is -0.0800. The van der Waals surface area contributed by atoms with E-state index in [0.29, 0.717) is 6.17 Å². The highest BCUT2D eigenvalue weighted by Gasteiger charge is 2.49. The lowest BCUT2D eigenvalue weighted by Gasteiger charge is -2.38. The first-order valence-corrected chi connectivity index (χ1v) is 9.33. The number of hydrogen-bond donors (Lipinski definition) is 1. The summed E-state index contributed by atoms with van der Waals surface area (Å²) in [4.78, 5) is 2.54. The molecule has 1 atom stereocenters. The zero-order valence-corrected chi connectivity index (χ0v) is 15.6. The maximum atomic E-state index is 3.82. The van der Waals surface area contributed by atoms with E-state index in [1.165, 1.54) is 64.2 Å². The molecule has 1 heterocycles. The van der Waals surface area contributed by atoms with E-state index in [0.717, 1.165) is 0 Å². The molecule has 0 amide bonds. The maximum Gasteiger partial charge on any atom is 0.0604 e. The number of rotatable bonds is 10. The largest absolute Gasteiger partial charge is 0.295 e. The second kappa shape index (κ2) is 8.53. The number of nitrogens with one attached hydrogen (secondary N) is 1. The van der Waals surface area contributed by atoms with Gasteiger partial charge in [0.25, 0.3) is 0 Å². The number of unbranched alkanes of at least 4 members (excludes halogenated alkanes) is 8. The number of likely N-dealkylation sites (N-methyl/N-ethyl adjacent to an activating group) is 1. The zero-order valence-electron chi connectivity index (χ0n) is 15.6. The number of nitrogens with zero attached hydrogens (tertiary/aromatic N) is 1. The van der Waals surface area contributed by atoms with Crippen molar-refractivity contribution in [2.75, 3.05) is 7.05 Å². The van der Waals surface area contributed by atoms with Gasteiger partial charge < -0.3 is 0 Å². The first-order valence-electron chi connectivity index (χ1n) is 9.33. The molecule has 1 N–H and O–H groups in total. The van der Waals surface area contributed by atoms with Crippen LogP contribution in [-0.4, -0.2) is 29.2 Å². The fourth-order valence-corrected chi connectivity index (χ4v) is 3.43. The van der Waals surface area contributed by atoms with Crippen LogP contribution in [0.2, 0.25) is 0 Å². The molecule has 21 heavy (non-hydrogen) atoms. The second-order valence-corrected chi connectivity index (χ2v) is 8.07. The smallest absolute Gasteiger partial charge is 0.0604 e. The summed E-state index contributed by atoms with van der Waals surface area (Å²) >= 11 is 0. The van der Waals surface area contributed by atoms with Gasteiger partial charge in [0.1, 0.15) is 0 Å². The summed E-state index contributed by atoms with van der Waals surface area (Å²) in [5, 5.41) is 3.82. The highest BCUT2D eigenvalue weighted by molar-refractivity contribution is 5.08. The van der Waals surface area contributed by atoms with Crippen LogP contribution in [0.4, 0.5) is 0 Å². The topological polar surface area (TPSA) is 15.3 Å². The highest BCUT2D eigenvalue weighted by atomic mass is 15.4. The third-order valence-corrected chi connectivity index (χ3v) is 5.99. The van der Waals surface area contributed by atoms with Crippen molar-refractivity contribution in [2.24, 2.45) is 0 Å². The molecule has 0 spiro atoms. The van der Waals surface area contributed by atoms with Crippen LogP contribution in [0.3, 0.4) is 0 Å². The van der Waals surface area contributed by atoms with Crippen LogP contribution < -0.4 is 5.32 Å². The van der Waals surface area contributed by atoms with Crippen LogP contribution in [0.1, 0.15) is 98.8 Å². The van der Waals surface area contributed by atoms with Gasteiger partial charge >= 0.3 is 0 Å². The average molecular weight is 297 g/mol. The molecule has 0 aromatic rings. The highest BCUT2D eigenvalue weighted by Crippen LogP contribution is 2.36. The van der Waals surface area contributed by atoms with Crippen molar-refractivity contribution in [2.45, 2.75) is 116 Å². The van der Waals surface area contributed by atoms with Crippen LogP contribution in [0.15, 0.2) is 0 Å². The lowest BCUT2D eigenvalue weighted by molar-refractivity contribution is 0.131. The number of hydrogen-bond acceptors (Lipinski definition) is 2. The summed E-state index contributed by atoms with van der Waals surface area (Å²) in [6, 6.07) is 0. The van der Waals surface area contributed by atoms with Crippen LogP contribution in [-0.2, 0) is 0 Å². The van der Waals surface area contributed by atoms with Crippen molar-refractivity contribution < 1.29 is 0 Å². The van der Waals surface area contributed by atoms with Gasteiger partial charge in [-0.15, -0.1) is 0 Å². The standard InChI is InChI=1S/C19H40N2/c1-7-8-9-10-11-12-13-14-15-16-17-20-18(2,3)19(4,5)21(17)6/h17,20H,7-16H2,1-6H3. The van der Waals surface area contributed by atoms with Crippen molar-refractivity contribution >= 4 is 0 Å². The summed E-state index contributed by atoms with van der Waals surface area (Å²) < 4.78 is 0. The molecule has 1 aliphatic rings. The van der Waals surface area contributed by atoms with Gasteiger partial charge in [-0.05, 0) is 41.2 Å². The van der Waals surface area contributed by atoms with Crippen molar-refractivity contribution in [1.82, 2.24) is 10.2 Å². The molecule has 0 aromatic heterocycles. The minimum Gasteiger partial charge on any atom is -0.295 e. The predicted octanol–water partition coefficient (Wildman–Crippen LogP) is 5.33. The molecule has 1 aliphatic heterocycles. The lowest BCUT2D eigenvalue weighted by atomic mass is 9.84. The Balaban J connectivity index is 2.09. The van der Waals surface area contributed by atoms with E-state index in [1.807, 2.05) is 0 Å². The Morgan fingerprint density at radius 1 is 0.810 bits per heavy atom. The molecule has 1 fully saturated rings. The molecule has 0 aromatic carbocycles. The monoisotopic (exact) mass is 296 g/mol. The van der Waals surface area contributed by atoms with Gasteiger partial charge in [0.2, 0.25) is 0 Å². The molecule has 0 aliphatic carbocycles. The summed E-state index contributed by atoms with van der Waals surface area (Å²) in [6.07, 6.45) is 14.6. The van der Waals surface area contributed by atoms with Crippen LogP contribution >= 0.6 is 0 Å². The van der Waals surface area contributed by atoms with Gasteiger partial charge in [0.15, 0.2) is 0 Å². The molecule has 1 rings (SSSR count). The predicted molar refractivity (Wildman–Crippen MR) is 94.7 cm³/mol. The Morgan fingerprint density at radius 2 is 1.29 bits per heavy atom. The molecule has 0 saturated carbocycles. The Labute approximate surface area is 134 Å². The minimum absolute atomic E-state index is 0.200. The average Bonchev–Trinajstić information content (AvgIpc) is 2.57. The van der Waals surface area contributed by atoms with Crippen molar-refractivity contribution in [3.05, 3.63) is 0 Å². The first-order chi connectivity index (χ1) is 9.83. The van der Waals surface area contributed by atoms with E-state index in [4.69, 9.17) is 0 Å². The van der Waals surface area contributed by atoms with Gasteiger partial charge in [0, 0.05) is 11.1 Å². The van der Waals surface area contributed by atoms with Gasteiger partial charge in [0.05, 0.1) is 6.17 Å². The third-order valence-electron chi connectivity index (χ3n) is 5.99. The van der Waals surface area contributed by atoms with Gasteiger partial charge in [-0.25, -0.2) is 0 Å². The molecule has 1 unspecified atom stereocenters. The fraction of sp³-hybridized carbons (Fsp3) is 1.00. The maximum absolute atomic E-state index is 3.82. The summed E-state index contributed by atoms with van der Waals surface area (Å²) in [5.41, 5.74) is 0.433. The summed E-state index contributed by atoms with van der Waals surface area (Å²) in [7, 11) is 2.28. The summed E-state index contributed by atoms with van der Waals surface area (Å²) in [6.45, 7) is 11.7. The van der Waals surface area contributed by atoms with Crippen molar-refractivity contribution in [3.8, 4) is 0 Å². The van der Waals surface area contributed by atoms with E-state index < -0.39 is 0 Å². The van der Waals surface area contributed by atoms with Crippen LogP contribution in [0.5, 0.6) is 0 Å². The van der Waals surface area contributed by atoms with E-state index >= 15 is 0 Å². The van der Waals surface area contributed by atoms with Crippen molar-refractivity contribution in [1.29, 1.82) is 0 Å². The minimum atomic E-state index is 0.200. The Kier molecular flexibility index (Phi) is 7.70. The lowest BCUT2D eigenvalue weighted by Crippen LogP contribution is -2.52. The molecule has 0 bridgehead atoms. The SMILES string of the molecule is CCCCCCCCCCCC1NC(C)(C)C(C)(C)N1C. The third kappa shape index (κ3) is 5.25. The molecular weight excluding hydrogens is 256 g/mol.